The van der Waals surface area contributed by atoms with Crippen molar-refractivity contribution in [3.8, 4) is 0 Å². The summed E-state index contributed by atoms with van der Waals surface area (Å²) < 4.78 is 23.5. The summed E-state index contributed by atoms with van der Waals surface area (Å²) in [7, 11) is 1.38. The minimum absolute atomic E-state index is 0.111. The first-order valence-electron chi connectivity index (χ1n) is 6.12. The van der Waals surface area contributed by atoms with E-state index in [0.29, 0.717) is 6.54 Å². The molecule has 0 saturated heterocycles. The Morgan fingerprint density at radius 3 is 2.74 bits per heavy atom. The van der Waals surface area contributed by atoms with Gasteiger partial charge in [-0.15, -0.1) is 0 Å². The van der Waals surface area contributed by atoms with Crippen molar-refractivity contribution in [2.45, 2.75) is 44.0 Å². The zero-order valence-electron chi connectivity index (χ0n) is 11.0. The van der Waals surface area contributed by atoms with Crippen molar-refractivity contribution >= 4 is 25.6 Å². The number of halogens is 1. The van der Waals surface area contributed by atoms with E-state index in [4.69, 9.17) is 10.7 Å². The molecule has 0 aliphatic rings. The van der Waals surface area contributed by atoms with Crippen LogP contribution in [0.1, 0.15) is 39.2 Å². The second-order valence-corrected chi connectivity index (χ2v) is 6.83. The van der Waals surface area contributed by atoms with Gasteiger partial charge >= 0.3 is 0 Å². The Bertz CT molecular complexity index is 527. The van der Waals surface area contributed by atoms with Crippen LogP contribution in [0.4, 0.5) is 0 Å². The zero-order valence-corrected chi connectivity index (χ0v) is 12.5. The third-order valence-corrected chi connectivity index (χ3v) is 4.02. The number of nitrogens with zero attached hydrogens (tertiary/aromatic N) is 2. The molecule has 0 radical (unpaired) electrons. The molecule has 0 aliphatic carbocycles. The molecule has 1 unspecified atom stereocenters. The third kappa shape index (κ3) is 4.83. The Kier molecular flexibility index (Phi) is 5.81. The average Bonchev–Trinajstić information content (AvgIpc) is 2.82. The highest BCUT2D eigenvalue weighted by atomic mass is 35.7. The van der Waals surface area contributed by atoms with Gasteiger partial charge in [0, 0.05) is 23.4 Å². The first-order valence-corrected chi connectivity index (χ1v) is 8.43. The highest BCUT2D eigenvalue weighted by molar-refractivity contribution is 8.13. The topological polar surface area (TPSA) is 81.1 Å². The smallest absolute Gasteiger partial charge is 0.264 e. The van der Waals surface area contributed by atoms with Gasteiger partial charge in [-0.3, -0.25) is 9.48 Å². The number of amides is 1. The van der Waals surface area contributed by atoms with E-state index in [1.807, 2.05) is 0 Å². The van der Waals surface area contributed by atoms with E-state index in [1.54, 1.807) is 6.92 Å². The Balaban J connectivity index is 2.60. The monoisotopic (exact) mass is 307 g/mol. The summed E-state index contributed by atoms with van der Waals surface area (Å²) in [6.07, 6.45) is 5.45. The molecule has 1 amide bonds. The quantitative estimate of drug-likeness (QED) is 0.614. The standard InChI is InChI=1S/C11H18ClN3O3S/c1-3-4-5-6-13-11(16)9(2)15-8-10(7-14-15)19(12,17)18/h7-9H,3-6H2,1-2H3,(H,13,16). The molecule has 1 atom stereocenters. The van der Waals surface area contributed by atoms with E-state index < -0.39 is 15.1 Å². The maximum Gasteiger partial charge on any atom is 0.264 e. The minimum atomic E-state index is -3.81. The summed E-state index contributed by atoms with van der Waals surface area (Å²) in [5, 5.41) is 6.62. The predicted molar refractivity (Wildman–Crippen MR) is 72.5 cm³/mol. The molecule has 1 heterocycles. The highest BCUT2D eigenvalue weighted by Crippen LogP contribution is 2.15. The lowest BCUT2D eigenvalue weighted by Gasteiger charge is -2.12. The molecular weight excluding hydrogens is 290 g/mol. The van der Waals surface area contributed by atoms with Gasteiger partial charge in [0.1, 0.15) is 10.9 Å². The minimum Gasteiger partial charge on any atom is -0.354 e. The van der Waals surface area contributed by atoms with E-state index >= 15 is 0 Å². The second-order valence-electron chi connectivity index (χ2n) is 4.27. The first-order chi connectivity index (χ1) is 8.86. The van der Waals surface area contributed by atoms with Crippen LogP contribution in [0.5, 0.6) is 0 Å². The largest absolute Gasteiger partial charge is 0.354 e. The van der Waals surface area contributed by atoms with Gasteiger partial charge in [0.15, 0.2) is 0 Å². The van der Waals surface area contributed by atoms with Gasteiger partial charge in [0.05, 0.1) is 6.20 Å². The molecule has 0 fully saturated rings. The number of nitrogens with one attached hydrogen (secondary N) is 1. The van der Waals surface area contributed by atoms with Crippen LogP contribution in [0.3, 0.4) is 0 Å². The Morgan fingerprint density at radius 2 is 2.21 bits per heavy atom. The molecule has 0 saturated carbocycles. The molecule has 0 aliphatic heterocycles. The Hall–Kier alpha value is -1.08. The second kappa shape index (κ2) is 6.91. The average molecular weight is 308 g/mol. The molecule has 8 heteroatoms. The van der Waals surface area contributed by atoms with Crippen molar-refractivity contribution in [1.82, 2.24) is 15.1 Å². The molecule has 0 spiro atoms. The summed E-state index contributed by atoms with van der Waals surface area (Å²) in [6, 6.07) is -0.575. The fourth-order valence-electron chi connectivity index (χ4n) is 1.51. The van der Waals surface area contributed by atoms with Crippen molar-refractivity contribution in [2.75, 3.05) is 6.54 Å². The van der Waals surface area contributed by atoms with Crippen LogP contribution >= 0.6 is 10.7 Å². The van der Waals surface area contributed by atoms with Gasteiger partial charge in [0.25, 0.3) is 9.05 Å². The molecule has 0 bridgehead atoms. The Labute approximate surface area is 117 Å². The van der Waals surface area contributed by atoms with E-state index in [-0.39, 0.29) is 10.8 Å². The van der Waals surface area contributed by atoms with Crippen molar-refractivity contribution in [3.63, 3.8) is 0 Å². The van der Waals surface area contributed by atoms with Crippen molar-refractivity contribution < 1.29 is 13.2 Å². The number of hydrogen-bond donors (Lipinski definition) is 1. The molecular formula is C11H18ClN3O3S. The van der Waals surface area contributed by atoms with Crippen LogP contribution in [-0.2, 0) is 13.8 Å². The van der Waals surface area contributed by atoms with E-state index in [0.717, 1.165) is 25.5 Å². The van der Waals surface area contributed by atoms with Gasteiger partial charge in [-0.25, -0.2) is 8.42 Å². The molecule has 1 aromatic rings. The number of carbonyl (C=O) groups is 1. The molecule has 1 aromatic heterocycles. The molecule has 1 rings (SSSR count). The number of rotatable bonds is 7. The third-order valence-electron chi connectivity index (χ3n) is 2.72. The van der Waals surface area contributed by atoms with Gasteiger partial charge in [-0.1, -0.05) is 19.8 Å². The number of unbranched alkanes of at least 4 members (excludes halogenated alkanes) is 2. The number of hydrogen-bond acceptors (Lipinski definition) is 4. The van der Waals surface area contributed by atoms with E-state index in [2.05, 4.69) is 17.3 Å². The maximum absolute atomic E-state index is 11.8. The summed E-state index contributed by atoms with van der Waals surface area (Å²) in [5.41, 5.74) is 0. The van der Waals surface area contributed by atoms with Gasteiger partial charge < -0.3 is 5.32 Å². The summed E-state index contributed by atoms with van der Waals surface area (Å²) in [6.45, 7) is 4.34. The fourth-order valence-corrected chi connectivity index (χ4v) is 2.16. The van der Waals surface area contributed by atoms with Crippen LogP contribution in [0.25, 0.3) is 0 Å². The summed E-state index contributed by atoms with van der Waals surface area (Å²) in [5.74, 6) is -0.197. The summed E-state index contributed by atoms with van der Waals surface area (Å²) in [4.78, 5) is 11.7. The van der Waals surface area contributed by atoms with Crippen LogP contribution < -0.4 is 5.32 Å². The van der Waals surface area contributed by atoms with Crippen molar-refractivity contribution in [2.24, 2.45) is 0 Å². The lowest BCUT2D eigenvalue weighted by atomic mass is 10.2. The van der Waals surface area contributed by atoms with E-state index in [1.165, 1.54) is 10.9 Å². The predicted octanol–water partition coefficient (Wildman–Crippen LogP) is 1.68. The molecule has 0 aromatic carbocycles. The van der Waals surface area contributed by atoms with Crippen LogP contribution in [0.2, 0.25) is 0 Å². The highest BCUT2D eigenvalue weighted by Gasteiger charge is 2.19. The van der Waals surface area contributed by atoms with Crippen molar-refractivity contribution in [3.05, 3.63) is 12.4 Å². The summed E-state index contributed by atoms with van der Waals surface area (Å²) >= 11 is 0. The lowest BCUT2D eigenvalue weighted by molar-refractivity contribution is -0.124. The molecule has 19 heavy (non-hydrogen) atoms. The molecule has 1 N–H and O–H groups in total. The Morgan fingerprint density at radius 1 is 1.53 bits per heavy atom. The van der Waals surface area contributed by atoms with Gasteiger partial charge in [0.2, 0.25) is 5.91 Å². The van der Waals surface area contributed by atoms with Gasteiger partial charge in [-0.05, 0) is 13.3 Å². The zero-order chi connectivity index (χ0) is 14.5. The van der Waals surface area contributed by atoms with Gasteiger partial charge in [-0.2, -0.15) is 5.10 Å². The fraction of sp³-hybridized carbons (Fsp3) is 0.636. The van der Waals surface area contributed by atoms with Crippen molar-refractivity contribution in [1.29, 1.82) is 0 Å². The normalized spacial score (nSPS) is 13.2. The molecule has 108 valence electrons. The van der Waals surface area contributed by atoms with Crippen LogP contribution in [0, 0.1) is 0 Å². The van der Waals surface area contributed by atoms with Crippen LogP contribution in [-0.4, -0.2) is 30.7 Å². The first kappa shape index (κ1) is 16.0. The lowest BCUT2D eigenvalue weighted by Crippen LogP contribution is -2.31. The number of aromatic nitrogens is 2. The number of carbonyl (C=O) groups excluding carboxylic acids is 1. The SMILES string of the molecule is CCCCCNC(=O)C(C)n1cc(S(=O)(=O)Cl)cn1. The van der Waals surface area contributed by atoms with E-state index in [9.17, 15) is 13.2 Å². The maximum atomic E-state index is 11.8. The van der Waals surface area contributed by atoms with Crippen LogP contribution in [0.15, 0.2) is 17.3 Å². The molecule has 6 nitrogen and oxygen atoms in total.